The lowest BCUT2D eigenvalue weighted by Gasteiger charge is -2.11. The van der Waals surface area contributed by atoms with Gasteiger partial charge in [-0.3, -0.25) is 0 Å². The minimum Gasteiger partial charge on any atom is -0.492 e. The van der Waals surface area contributed by atoms with Gasteiger partial charge in [-0.25, -0.2) is 0 Å². The Hall–Kier alpha value is -1.74. The smallest absolute Gasteiger partial charge is 0.180 e. The Labute approximate surface area is 165 Å². The van der Waals surface area contributed by atoms with Crippen molar-refractivity contribution in [2.24, 2.45) is 15.9 Å². The molecule has 132 valence electrons. The van der Waals surface area contributed by atoms with E-state index >= 15 is 0 Å². The molecule has 0 unspecified atom stereocenters. The van der Waals surface area contributed by atoms with E-state index in [9.17, 15) is 0 Å². The molecule has 0 radical (unpaired) electrons. The third-order valence-corrected chi connectivity index (χ3v) is 4.78. The minimum atomic E-state index is 0.424. The molecular formula is C18H20IN3O2S. The van der Waals surface area contributed by atoms with E-state index < -0.39 is 0 Å². The monoisotopic (exact) mass is 469 g/mol. The fourth-order valence-electron chi connectivity index (χ4n) is 2.04. The van der Waals surface area contributed by atoms with Gasteiger partial charge in [0.25, 0.3) is 0 Å². The Morgan fingerprint density at radius 2 is 2.04 bits per heavy atom. The Bertz CT molecular complexity index is 751. The summed E-state index contributed by atoms with van der Waals surface area (Å²) in [6.45, 7) is 2.50. The second-order valence-corrected chi connectivity index (χ2v) is 7.08. The fourth-order valence-corrected chi connectivity index (χ4v) is 3.49. The molecule has 0 heterocycles. The van der Waals surface area contributed by atoms with E-state index in [4.69, 9.17) is 15.2 Å². The van der Waals surface area contributed by atoms with E-state index in [-0.39, 0.29) is 0 Å². The lowest BCUT2D eigenvalue weighted by atomic mass is 10.2. The van der Waals surface area contributed by atoms with Crippen molar-refractivity contribution in [1.82, 2.24) is 0 Å². The number of nitrogens with two attached hydrogens (primary N) is 1. The fraction of sp³-hybridized carbons (Fsp3) is 0.222. The summed E-state index contributed by atoms with van der Waals surface area (Å²) in [5, 5.41) is 8.53. The first-order valence-corrected chi connectivity index (χ1v) is 9.74. The van der Waals surface area contributed by atoms with Gasteiger partial charge in [-0.15, -0.1) is 5.10 Å². The number of methoxy groups -OCH3 is 1. The summed E-state index contributed by atoms with van der Waals surface area (Å²) < 4.78 is 11.9. The maximum atomic E-state index is 5.89. The summed E-state index contributed by atoms with van der Waals surface area (Å²) in [4.78, 5) is 0. The van der Waals surface area contributed by atoms with Crippen LogP contribution in [0.15, 0.2) is 52.7 Å². The molecule has 0 aliphatic rings. The molecule has 0 aliphatic carbocycles. The topological polar surface area (TPSA) is 69.2 Å². The molecule has 0 spiro atoms. The first kappa shape index (κ1) is 19.6. The highest BCUT2D eigenvalue weighted by Crippen LogP contribution is 2.33. The molecule has 25 heavy (non-hydrogen) atoms. The summed E-state index contributed by atoms with van der Waals surface area (Å²) in [6.07, 6.45) is 1.65. The summed E-state index contributed by atoms with van der Waals surface area (Å²) in [6, 6.07) is 13.9. The summed E-state index contributed by atoms with van der Waals surface area (Å²) in [5.41, 5.74) is 7.96. The van der Waals surface area contributed by atoms with Crippen molar-refractivity contribution in [2.45, 2.75) is 12.7 Å². The summed E-state index contributed by atoms with van der Waals surface area (Å²) in [5.74, 6) is 2.18. The Morgan fingerprint density at radius 3 is 2.72 bits per heavy atom. The van der Waals surface area contributed by atoms with Gasteiger partial charge in [0.2, 0.25) is 0 Å². The van der Waals surface area contributed by atoms with E-state index in [1.54, 1.807) is 13.3 Å². The van der Waals surface area contributed by atoms with Crippen molar-refractivity contribution in [2.75, 3.05) is 13.7 Å². The average Bonchev–Trinajstić information content (AvgIpc) is 2.61. The number of amidine groups is 1. The van der Waals surface area contributed by atoms with Crippen LogP contribution in [0.4, 0.5) is 0 Å². The van der Waals surface area contributed by atoms with Crippen molar-refractivity contribution in [3.05, 3.63) is 57.2 Å². The van der Waals surface area contributed by atoms with Gasteiger partial charge in [0, 0.05) is 5.75 Å². The first-order valence-electron chi connectivity index (χ1n) is 7.67. The van der Waals surface area contributed by atoms with Crippen LogP contribution in [0.2, 0.25) is 0 Å². The molecular weight excluding hydrogens is 449 g/mol. The van der Waals surface area contributed by atoms with Crippen LogP contribution in [0.1, 0.15) is 18.1 Å². The highest BCUT2D eigenvalue weighted by molar-refractivity contribution is 14.1. The third-order valence-electron chi connectivity index (χ3n) is 3.13. The normalized spacial score (nSPS) is 11.7. The van der Waals surface area contributed by atoms with Crippen LogP contribution in [0, 0.1) is 3.57 Å². The molecule has 2 aromatic carbocycles. The number of rotatable bonds is 7. The molecule has 7 heteroatoms. The predicted molar refractivity (Wildman–Crippen MR) is 114 cm³/mol. The molecule has 0 saturated carbocycles. The van der Waals surface area contributed by atoms with Gasteiger partial charge in [0.1, 0.15) is 0 Å². The summed E-state index contributed by atoms with van der Waals surface area (Å²) in [7, 11) is 1.63. The number of nitrogens with zero attached hydrogens (tertiary/aromatic N) is 2. The van der Waals surface area contributed by atoms with Crippen LogP contribution in [0.3, 0.4) is 0 Å². The van der Waals surface area contributed by atoms with Gasteiger partial charge in [-0.1, -0.05) is 42.1 Å². The van der Waals surface area contributed by atoms with Crippen molar-refractivity contribution in [3.63, 3.8) is 0 Å². The van der Waals surface area contributed by atoms with Crippen molar-refractivity contribution >= 4 is 45.7 Å². The standard InChI is InChI=1S/C18H20IN3O2S/c1-3-24-16-10-14(9-15(19)17(16)23-2)11-21-22-18(20)25-12-13-7-5-4-6-8-13/h4-11H,3,12H2,1-2H3,(H2,20,22). The number of hydrogen-bond donors (Lipinski definition) is 1. The van der Waals surface area contributed by atoms with Crippen molar-refractivity contribution < 1.29 is 9.47 Å². The lowest BCUT2D eigenvalue weighted by Crippen LogP contribution is -2.06. The van der Waals surface area contributed by atoms with Crippen molar-refractivity contribution in [3.8, 4) is 11.5 Å². The van der Waals surface area contributed by atoms with Crippen LogP contribution in [-0.4, -0.2) is 25.1 Å². The van der Waals surface area contributed by atoms with E-state index in [1.165, 1.54) is 17.3 Å². The highest BCUT2D eigenvalue weighted by atomic mass is 127. The number of halogens is 1. The number of thioether (sulfide) groups is 1. The average molecular weight is 469 g/mol. The highest BCUT2D eigenvalue weighted by Gasteiger charge is 2.10. The van der Waals surface area contributed by atoms with E-state index in [0.717, 1.165) is 20.6 Å². The maximum absolute atomic E-state index is 5.89. The van der Waals surface area contributed by atoms with Crippen LogP contribution >= 0.6 is 34.4 Å². The van der Waals surface area contributed by atoms with Gasteiger partial charge in [-0.05, 0) is 52.8 Å². The van der Waals surface area contributed by atoms with Gasteiger partial charge < -0.3 is 15.2 Å². The second kappa shape index (κ2) is 10.3. The van der Waals surface area contributed by atoms with Gasteiger partial charge in [0.15, 0.2) is 16.7 Å². The lowest BCUT2D eigenvalue weighted by molar-refractivity contribution is 0.309. The quantitative estimate of drug-likeness (QED) is 0.285. The molecule has 0 aromatic heterocycles. The number of hydrogen-bond acceptors (Lipinski definition) is 5. The molecule has 0 amide bonds. The third kappa shape index (κ3) is 6.24. The molecule has 0 saturated heterocycles. The maximum Gasteiger partial charge on any atom is 0.180 e. The molecule has 0 bridgehead atoms. The van der Waals surface area contributed by atoms with E-state index in [0.29, 0.717) is 17.5 Å². The molecule has 0 fully saturated rings. The van der Waals surface area contributed by atoms with Crippen molar-refractivity contribution in [1.29, 1.82) is 0 Å². The largest absolute Gasteiger partial charge is 0.492 e. The van der Waals surface area contributed by atoms with Crippen LogP contribution < -0.4 is 15.2 Å². The molecule has 0 aliphatic heterocycles. The van der Waals surface area contributed by atoms with Gasteiger partial charge >= 0.3 is 0 Å². The van der Waals surface area contributed by atoms with E-state index in [2.05, 4.69) is 44.9 Å². The van der Waals surface area contributed by atoms with Gasteiger partial charge in [-0.2, -0.15) is 5.10 Å². The van der Waals surface area contributed by atoms with Crippen LogP contribution in [-0.2, 0) is 5.75 Å². The SMILES string of the molecule is CCOc1cc(C=NN=C(N)SCc2ccccc2)cc(I)c1OC. The Balaban J connectivity index is 2.02. The second-order valence-electron chi connectivity index (χ2n) is 4.92. The zero-order valence-electron chi connectivity index (χ0n) is 14.1. The predicted octanol–water partition coefficient (Wildman–Crippen LogP) is 4.28. The molecule has 2 rings (SSSR count). The first-order chi connectivity index (χ1) is 12.1. The van der Waals surface area contributed by atoms with Crippen LogP contribution in [0.25, 0.3) is 0 Å². The molecule has 0 atom stereocenters. The summed E-state index contributed by atoms with van der Waals surface area (Å²) >= 11 is 3.66. The Morgan fingerprint density at radius 1 is 1.28 bits per heavy atom. The molecule has 2 aromatic rings. The van der Waals surface area contributed by atoms with Crippen LogP contribution in [0.5, 0.6) is 11.5 Å². The van der Waals surface area contributed by atoms with Gasteiger partial charge in [0.05, 0.1) is 23.5 Å². The van der Waals surface area contributed by atoms with E-state index in [1.807, 2.05) is 37.3 Å². The number of benzene rings is 2. The minimum absolute atomic E-state index is 0.424. The number of ether oxygens (including phenoxy) is 2. The Kier molecular flexibility index (Phi) is 8.07. The molecule has 5 nitrogen and oxygen atoms in total. The zero-order chi connectivity index (χ0) is 18.1. The molecule has 2 N–H and O–H groups in total. The zero-order valence-corrected chi connectivity index (χ0v) is 17.1.